The Balaban J connectivity index is 1.89. The van der Waals surface area contributed by atoms with Crippen LogP contribution in [0.4, 0.5) is 10.5 Å². The zero-order chi connectivity index (χ0) is 20.5. The number of fused-ring (bicyclic) bond motifs is 1. The van der Waals surface area contributed by atoms with Crippen LogP contribution in [0, 0.1) is 0 Å². The normalized spacial score (nSPS) is 20.6. The molecule has 0 bridgehead atoms. The highest BCUT2D eigenvalue weighted by atomic mass is 16.6. The van der Waals surface area contributed by atoms with Gasteiger partial charge in [-0.3, -0.25) is 4.90 Å². The van der Waals surface area contributed by atoms with Gasteiger partial charge in [0, 0.05) is 32.4 Å². The number of carbonyl (C=O) groups excluding carboxylic acids is 2. The number of anilines is 1. The van der Waals surface area contributed by atoms with E-state index in [0.717, 1.165) is 37.2 Å². The molecular weight excluding hydrogens is 360 g/mol. The van der Waals surface area contributed by atoms with E-state index in [9.17, 15) is 14.7 Å². The van der Waals surface area contributed by atoms with E-state index in [1.165, 1.54) is 4.90 Å². The molecule has 1 atom stereocenters. The molecule has 0 radical (unpaired) electrons. The van der Waals surface area contributed by atoms with Crippen molar-refractivity contribution >= 4 is 17.7 Å². The Morgan fingerprint density at radius 3 is 2.39 bits per heavy atom. The van der Waals surface area contributed by atoms with Gasteiger partial charge in [0.05, 0.1) is 12.1 Å². The molecule has 1 amide bonds. The lowest BCUT2D eigenvalue weighted by Crippen LogP contribution is -2.50. The number of nitrogens with zero attached hydrogens (tertiary/aromatic N) is 2. The van der Waals surface area contributed by atoms with E-state index >= 15 is 0 Å². The van der Waals surface area contributed by atoms with Crippen LogP contribution < -0.4 is 10.0 Å². The smallest absolute Gasteiger partial charge is 0.411 e. The second kappa shape index (κ2) is 7.99. The van der Waals surface area contributed by atoms with Gasteiger partial charge in [-0.1, -0.05) is 12.1 Å². The Kier molecular flexibility index (Phi) is 5.84. The number of amides is 1. The molecule has 3 rings (SSSR count). The predicted molar refractivity (Wildman–Crippen MR) is 103 cm³/mol. The second-order valence-electron chi connectivity index (χ2n) is 8.41. The van der Waals surface area contributed by atoms with Crippen LogP contribution in [0.5, 0.6) is 0 Å². The predicted octanol–water partition coefficient (Wildman–Crippen LogP) is 1.89. The van der Waals surface area contributed by atoms with Gasteiger partial charge in [0.15, 0.2) is 0 Å². The monoisotopic (exact) mass is 389 g/mol. The molecule has 2 aliphatic heterocycles. The molecule has 0 aliphatic carbocycles. The second-order valence-corrected chi connectivity index (χ2v) is 8.41. The maximum absolute atomic E-state index is 12.6. The summed E-state index contributed by atoms with van der Waals surface area (Å²) >= 11 is 0. The van der Waals surface area contributed by atoms with E-state index in [2.05, 4.69) is 4.90 Å². The molecule has 1 aromatic rings. The van der Waals surface area contributed by atoms with Gasteiger partial charge in [-0.2, -0.15) is 0 Å². The largest absolute Gasteiger partial charge is 0.548 e. The molecule has 1 aromatic carbocycles. The van der Waals surface area contributed by atoms with E-state index in [0.29, 0.717) is 12.0 Å². The van der Waals surface area contributed by atoms with Crippen LogP contribution in [-0.4, -0.2) is 55.4 Å². The third kappa shape index (κ3) is 4.24. The van der Waals surface area contributed by atoms with Gasteiger partial charge >= 0.3 is 6.09 Å². The minimum atomic E-state index is -1.29. The third-order valence-corrected chi connectivity index (χ3v) is 5.36. The van der Waals surface area contributed by atoms with Crippen molar-refractivity contribution < 1.29 is 24.2 Å². The molecule has 1 fully saturated rings. The number of hydrogen-bond acceptors (Lipinski definition) is 6. The van der Waals surface area contributed by atoms with Gasteiger partial charge in [-0.05, 0) is 57.2 Å². The Morgan fingerprint density at radius 2 is 1.82 bits per heavy atom. The average molecular weight is 389 g/mol. The summed E-state index contributed by atoms with van der Waals surface area (Å²) in [5.41, 5.74) is 1.94. The summed E-state index contributed by atoms with van der Waals surface area (Å²) in [7, 11) is 1.74. The molecule has 0 aromatic heterocycles. The highest BCUT2D eigenvalue weighted by Gasteiger charge is 2.36. The minimum Gasteiger partial charge on any atom is -0.548 e. The van der Waals surface area contributed by atoms with Gasteiger partial charge in [0.1, 0.15) is 11.6 Å². The molecule has 7 nitrogen and oxygen atoms in total. The van der Waals surface area contributed by atoms with Gasteiger partial charge in [0.25, 0.3) is 0 Å². The maximum atomic E-state index is 12.6. The number of rotatable bonds is 3. The van der Waals surface area contributed by atoms with Crippen molar-refractivity contribution in [2.24, 2.45) is 0 Å². The Bertz CT molecular complexity index is 735. The summed E-state index contributed by atoms with van der Waals surface area (Å²) in [6.45, 7) is 7.29. The van der Waals surface area contributed by atoms with Crippen LogP contribution in [0.3, 0.4) is 0 Å². The van der Waals surface area contributed by atoms with E-state index < -0.39 is 23.7 Å². The van der Waals surface area contributed by atoms with Crippen LogP contribution in [0.1, 0.15) is 50.8 Å². The van der Waals surface area contributed by atoms with Crippen molar-refractivity contribution in [3.8, 4) is 0 Å². The lowest BCUT2D eigenvalue weighted by atomic mass is 9.90. The fraction of sp³-hybridized carbons (Fsp3) is 0.619. The number of carboxylic acid groups (broad SMARTS) is 1. The molecule has 2 aliphatic rings. The summed E-state index contributed by atoms with van der Waals surface area (Å²) < 4.78 is 10.9. The van der Waals surface area contributed by atoms with Gasteiger partial charge < -0.3 is 24.3 Å². The highest BCUT2D eigenvalue weighted by molar-refractivity contribution is 5.82. The lowest BCUT2D eigenvalue weighted by Gasteiger charge is -2.41. The molecule has 2 heterocycles. The first-order chi connectivity index (χ1) is 13.2. The van der Waals surface area contributed by atoms with E-state index in [1.54, 1.807) is 33.9 Å². The quantitative estimate of drug-likeness (QED) is 0.785. The number of hydrogen-bond donors (Lipinski definition) is 0. The molecular formula is C21H29N2O5-. The Hall–Kier alpha value is -2.28. The van der Waals surface area contributed by atoms with Crippen molar-refractivity contribution in [1.82, 2.24) is 4.90 Å². The molecule has 28 heavy (non-hydrogen) atoms. The molecule has 0 N–H and O–H groups in total. The molecule has 1 saturated heterocycles. The van der Waals surface area contributed by atoms with Crippen LogP contribution in [0.15, 0.2) is 18.2 Å². The van der Waals surface area contributed by atoms with E-state index in [-0.39, 0.29) is 12.6 Å². The first-order valence-corrected chi connectivity index (χ1v) is 9.81. The van der Waals surface area contributed by atoms with Crippen molar-refractivity contribution in [3.05, 3.63) is 29.3 Å². The lowest BCUT2D eigenvalue weighted by molar-refractivity contribution is -0.312. The summed E-state index contributed by atoms with van der Waals surface area (Å²) in [4.78, 5) is 28.1. The molecule has 7 heteroatoms. The van der Waals surface area contributed by atoms with Crippen LogP contribution in [0.2, 0.25) is 0 Å². The average Bonchev–Trinajstić information content (AvgIpc) is 2.65. The summed E-state index contributed by atoms with van der Waals surface area (Å²) in [6, 6.07) is 4.51. The van der Waals surface area contributed by atoms with E-state index in [4.69, 9.17) is 9.47 Å². The molecule has 0 spiro atoms. The van der Waals surface area contributed by atoms with Crippen molar-refractivity contribution in [3.63, 3.8) is 0 Å². The highest BCUT2D eigenvalue weighted by Crippen LogP contribution is 2.37. The number of piperidine rings is 1. The fourth-order valence-corrected chi connectivity index (χ4v) is 4.05. The van der Waals surface area contributed by atoms with Crippen LogP contribution >= 0.6 is 0 Å². The number of carbonyl (C=O) groups is 2. The van der Waals surface area contributed by atoms with Crippen LogP contribution in [0.25, 0.3) is 0 Å². The maximum Gasteiger partial charge on any atom is 0.411 e. The molecule has 1 unspecified atom stereocenters. The van der Waals surface area contributed by atoms with Crippen molar-refractivity contribution in [2.75, 3.05) is 31.6 Å². The summed E-state index contributed by atoms with van der Waals surface area (Å²) in [5.74, 6) is -1.29. The van der Waals surface area contributed by atoms with Crippen LogP contribution in [-0.2, 0) is 20.7 Å². The molecule has 154 valence electrons. The van der Waals surface area contributed by atoms with E-state index in [1.807, 2.05) is 12.1 Å². The van der Waals surface area contributed by atoms with Crippen molar-refractivity contribution in [1.29, 1.82) is 0 Å². The van der Waals surface area contributed by atoms with Crippen molar-refractivity contribution in [2.45, 2.75) is 57.8 Å². The van der Waals surface area contributed by atoms with Gasteiger partial charge in [0.2, 0.25) is 0 Å². The Labute approximate surface area is 166 Å². The zero-order valence-corrected chi connectivity index (χ0v) is 17.1. The number of methoxy groups -OCH3 is 1. The first-order valence-electron chi connectivity index (χ1n) is 9.81. The minimum absolute atomic E-state index is 0.273. The first kappa shape index (κ1) is 20.5. The number of aliphatic carboxylic acids is 1. The summed E-state index contributed by atoms with van der Waals surface area (Å²) in [6.07, 6.45) is 2.11. The molecule has 0 saturated carbocycles. The Morgan fingerprint density at radius 1 is 1.14 bits per heavy atom. The standard InChI is InChI=1S/C21H30N2O5/c1-21(2,3)28-20(26)23-13-10-15-16(18(23)19(24)25)6-5-7-17(15)22-11-8-14(27-4)9-12-22/h5-7,14,18H,8-13H2,1-4H3,(H,24,25)/p-1. The number of ether oxygens (including phenoxy) is 2. The fourth-order valence-electron chi connectivity index (χ4n) is 4.05. The SMILES string of the molecule is COC1CCN(c2cccc3c2CCN(C(=O)OC(C)(C)C)C3C(=O)[O-])CC1. The summed E-state index contributed by atoms with van der Waals surface area (Å²) in [5, 5.41) is 12.0. The third-order valence-electron chi connectivity index (χ3n) is 5.36. The van der Waals surface area contributed by atoms with Gasteiger partial charge in [-0.15, -0.1) is 0 Å². The van der Waals surface area contributed by atoms with Gasteiger partial charge in [-0.25, -0.2) is 4.79 Å². The topological polar surface area (TPSA) is 82.1 Å². The number of carboxylic acids is 1. The zero-order valence-electron chi connectivity index (χ0n) is 17.1. The number of benzene rings is 1.